The van der Waals surface area contributed by atoms with E-state index in [1.807, 2.05) is 0 Å². The molecule has 1 aliphatic heterocycles. The van der Waals surface area contributed by atoms with Crippen molar-refractivity contribution < 1.29 is 24.8 Å². The minimum absolute atomic E-state index is 0.0122. The number of phenols is 4. The first-order valence-electron chi connectivity index (χ1n) is 7.60. The van der Waals surface area contributed by atoms with Gasteiger partial charge in [-0.05, 0) is 61.7 Å². The lowest BCUT2D eigenvalue weighted by Crippen LogP contribution is -2.01. The molecule has 0 fully saturated rings. The quantitative estimate of drug-likeness (QED) is 0.221. The molecule has 0 saturated carbocycles. The molecule has 1 heterocycles. The smallest absolute Gasteiger partial charge is 0.223 e. The molecule has 0 atom stereocenters. The first-order valence-corrected chi connectivity index (χ1v) is 9.18. The van der Waals surface area contributed by atoms with Crippen LogP contribution < -0.4 is 5.43 Å². The number of rotatable bonds is 1. The Morgan fingerprint density at radius 3 is 2.07 bits per heavy atom. The third-order valence-corrected chi connectivity index (χ3v) is 5.41. The maximum Gasteiger partial charge on any atom is 0.223 e. The molecule has 27 heavy (non-hydrogen) atoms. The zero-order chi connectivity index (χ0) is 19.5. The van der Waals surface area contributed by atoms with Crippen LogP contribution in [0.1, 0.15) is 0 Å². The lowest BCUT2D eigenvalue weighted by atomic mass is 9.93. The van der Waals surface area contributed by atoms with E-state index in [1.165, 1.54) is 18.2 Å². The van der Waals surface area contributed by atoms with Crippen LogP contribution in [0.4, 0.5) is 0 Å². The van der Waals surface area contributed by atoms with Gasteiger partial charge in [-0.25, -0.2) is 0 Å². The number of phenolic OH excluding ortho intramolecular Hbond substituents is 4. The van der Waals surface area contributed by atoms with Crippen LogP contribution in [0.25, 0.3) is 33.4 Å². The van der Waals surface area contributed by atoms with Crippen LogP contribution in [0.15, 0.2) is 54.6 Å². The summed E-state index contributed by atoms with van der Waals surface area (Å²) in [5.74, 6) is -0.951. The van der Waals surface area contributed by atoms with E-state index in [2.05, 4.69) is 31.9 Å². The number of fused-ring (bicyclic) bond motifs is 2. The molecule has 6 nitrogen and oxygen atoms in total. The summed E-state index contributed by atoms with van der Waals surface area (Å²) in [6, 6.07) is 8.33. The Bertz CT molecular complexity index is 1240. The van der Waals surface area contributed by atoms with E-state index in [0.29, 0.717) is 31.0 Å². The fourth-order valence-corrected chi connectivity index (χ4v) is 4.14. The summed E-state index contributed by atoms with van der Waals surface area (Å²) in [4.78, 5) is 11.8. The number of hydrogen-bond donors (Lipinski definition) is 4. The van der Waals surface area contributed by atoms with Gasteiger partial charge in [-0.15, -0.1) is 0 Å². The van der Waals surface area contributed by atoms with Gasteiger partial charge in [0.25, 0.3) is 0 Å². The Labute approximate surface area is 168 Å². The molecular formula is C19H10Br2O6. The third kappa shape index (κ3) is 2.81. The minimum atomic E-state index is -0.604. The zero-order valence-corrected chi connectivity index (χ0v) is 16.5. The average molecular weight is 494 g/mol. The van der Waals surface area contributed by atoms with Crippen LogP contribution in [0.2, 0.25) is 0 Å². The molecule has 0 amide bonds. The van der Waals surface area contributed by atoms with E-state index in [0.717, 1.165) is 6.07 Å². The van der Waals surface area contributed by atoms with Crippen molar-refractivity contribution in [2.45, 2.75) is 0 Å². The van der Waals surface area contributed by atoms with Gasteiger partial charge in [0.1, 0.15) is 17.1 Å². The van der Waals surface area contributed by atoms with E-state index in [4.69, 9.17) is 4.42 Å². The van der Waals surface area contributed by atoms with Gasteiger partial charge < -0.3 is 24.8 Å². The molecule has 0 saturated heterocycles. The molecule has 2 aromatic rings. The Kier molecular flexibility index (Phi) is 4.05. The predicted octanol–water partition coefficient (Wildman–Crippen LogP) is 4.91. The highest BCUT2D eigenvalue weighted by molar-refractivity contribution is 9.11. The zero-order valence-electron chi connectivity index (χ0n) is 13.3. The number of aromatic hydroxyl groups is 4. The molecule has 1 aliphatic carbocycles. The number of hydrogen-bond acceptors (Lipinski definition) is 6. The topological polar surface area (TPSA) is 111 Å². The summed E-state index contributed by atoms with van der Waals surface area (Å²) in [5.41, 5.74) is 1.21. The number of halogens is 2. The van der Waals surface area contributed by atoms with Crippen molar-refractivity contribution in [1.29, 1.82) is 0 Å². The molecule has 2 aliphatic rings. The van der Waals surface area contributed by atoms with E-state index in [1.54, 1.807) is 12.1 Å². The Hall–Kier alpha value is -2.71. The fourth-order valence-electron chi connectivity index (χ4n) is 2.95. The Morgan fingerprint density at radius 1 is 0.778 bits per heavy atom. The third-order valence-electron chi connectivity index (χ3n) is 4.20. The molecule has 0 radical (unpaired) electrons. The highest BCUT2D eigenvalue weighted by Crippen LogP contribution is 2.46. The van der Waals surface area contributed by atoms with E-state index < -0.39 is 11.2 Å². The van der Waals surface area contributed by atoms with Gasteiger partial charge >= 0.3 is 0 Å². The molecule has 2 aromatic carbocycles. The molecule has 0 unspecified atom stereocenters. The molecule has 0 bridgehead atoms. The summed E-state index contributed by atoms with van der Waals surface area (Å²) in [5, 5.41) is 40.1. The van der Waals surface area contributed by atoms with E-state index >= 15 is 0 Å². The fraction of sp³-hybridized carbons (Fsp3) is 0. The maximum atomic E-state index is 11.8. The maximum absolute atomic E-state index is 11.8. The Balaban J connectivity index is 2.24. The SMILES string of the molecule is O=c1cc2oc3cc(O)c(O)cc3c(-c3cc(Br)c(O)c(Br)c3)c-2cc1O. The first-order chi connectivity index (χ1) is 12.8. The standard InChI is InChI=1S/C19H10Br2O6/c20-10-1-7(2-11(21)19(10)26)18-8-3-12(22)14(24)5-16(8)27-17-6-15(25)13(23)4-9(17)18/h1-6,22-24,26H. The Morgan fingerprint density at radius 2 is 1.41 bits per heavy atom. The van der Waals surface area contributed by atoms with Gasteiger partial charge in [0.05, 0.1) is 8.95 Å². The van der Waals surface area contributed by atoms with Crippen LogP contribution in [0.5, 0.6) is 23.0 Å². The normalized spacial score (nSPS) is 11.3. The molecule has 0 spiro atoms. The van der Waals surface area contributed by atoms with Crippen molar-refractivity contribution in [3.05, 3.63) is 55.6 Å². The van der Waals surface area contributed by atoms with E-state index in [-0.39, 0.29) is 28.6 Å². The predicted molar refractivity (Wildman–Crippen MR) is 107 cm³/mol. The highest BCUT2D eigenvalue weighted by atomic mass is 79.9. The molecule has 8 heteroatoms. The monoisotopic (exact) mass is 492 g/mol. The molecule has 136 valence electrons. The van der Waals surface area contributed by atoms with Crippen molar-refractivity contribution in [2.24, 2.45) is 0 Å². The van der Waals surface area contributed by atoms with Crippen LogP contribution in [0.3, 0.4) is 0 Å². The lowest BCUT2D eigenvalue weighted by Gasteiger charge is -2.17. The van der Waals surface area contributed by atoms with Crippen LogP contribution in [-0.4, -0.2) is 20.4 Å². The highest BCUT2D eigenvalue weighted by Gasteiger charge is 2.22. The molecule has 0 aromatic heterocycles. The molecule has 4 N–H and O–H groups in total. The van der Waals surface area contributed by atoms with Crippen LogP contribution >= 0.6 is 31.9 Å². The summed E-state index contributed by atoms with van der Waals surface area (Å²) in [6.45, 7) is 0. The van der Waals surface area contributed by atoms with Crippen molar-refractivity contribution in [2.75, 3.05) is 0 Å². The van der Waals surface area contributed by atoms with Crippen molar-refractivity contribution >= 4 is 42.8 Å². The van der Waals surface area contributed by atoms with Gasteiger partial charge in [-0.1, -0.05) is 0 Å². The molecular weight excluding hydrogens is 484 g/mol. The van der Waals surface area contributed by atoms with E-state index in [9.17, 15) is 25.2 Å². The average Bonchev–Trinajstić information content (AvgIpc) is 2.60. The van der Waals surface area contributed by atoms with Gasteiger partial charge in [0, 0.05) is 28.6 Å². The second kappa shape index (κ2) is 6.17. The second-order valence-corrected chi connectivity index (χ2v) is 7.63. The van der Waals surface area contributed by atoms with Crippen molar-refractivity contribution in [3.63, 3.8) is 0 Å². The second-order valence-electron chi connectivity index (χ2n) is 5.92. The van der Waals surface area contributed by atoms with Crippen molar-refractivity contribution in [3.8, 4) is 45.4 Å². The number of benzene rings is 3. The summed E-state index contributed by atoms with van der Waals surface area (Å²) >= 11 is 6.56. The first kappa shape index (κ1) is 17.7. The summed E-state index contributed by atoms with van der Waals surface area (Å²) in [7, 11) is 0. The summed E-state index contributed by atoms with van der Waals surface area (Å²) in [6.07, 6.45) is 0. The summed E-state index contributed by atoms with van der Waals surface area (Å²) < 4.78 is 6.55. The van der Waals surface area contributed by atoms with Crippen LogP contribution in [0, 0.1) is 0 Å². The van der Waals surface area contributed by atoms with Crippen molar-refractivity contribution in [1.82, 2.24) is 0 Å². The molecule has 4 rings (SSSR count). The lowest BCUT2D eigenvalue weighted by molar-refractivity contribution is 0.404. The van der Waals surface area contributed by atoms with Gasteiger partial charge in [-0.2, -0.15) is 0 Å². The minimum Gasteiger partial charge on any atom is -0.506 e. The van der Waals surface area contributed by atoms with Gasteiger partial charge in [0.15, 0.2) is 17.2 Å². The van der Waals surface area contributed by atoms with Gasteiger partial charge in [-0.3, -0.25) is 4.79 Å². The largest absolute Gasteiger partial charge is 0.506 e. The van der Waals surface area contributed by atoms with Crippen LogP contribution in [-0.2, 0) is 0 Å². The van der Waals surface area contributed by atoms with Gasteiger partial charge in [0.2, 0.25) is 5.43 Å².